The lowest BCUT2D eigenvalue weighted by Crippen LogP contribution is -2.13. The van der Waals surface area contributed by atoms with Crippen molar-refractivity contribution in [1.82, 2.24) is 4.98 Å². The minimum Gasteiger partial charge on any atom is -0.363 e. The third kappa shape index (κ3) is 3.14. The van der Waals surface area contributed by atoms with E-state index in [1.807, 2.05) is 5.38 Å². The van der Waals surface area contributed by atoms with Gasteiger partial charge in [-0.1, -0.05) is 32.9 Å². The number of para-hydroxylation sites is 1. The topological polar surface area (TPSA) is 48.7 Å². The number of rotatable bonds is 3. The van der Waals surface area contributed by atoms with E-state index < -0.39 is 6.04 Å². The Morgan fingerprint density at radius 3 is 2.60 bits per heavy atom. The van der Waals surface area contributed by atoms with Gasteiger partial charge in [0.1, 0.15) is 5.82 Å². The molecule has 0 fully saturated rings. The molecule has 0 saturated heterocycles. The number of nitrogens with zero attached hydrogens (tertiary/aromatic N) is 2. The molecule has 1 aromatic carbocycles. The van der Waals surface area contributed by atoms with Gasteiger partial charge in [-0.25, -0.2) is 9.37 Å². The maximum Gasteiger partial charge on any atom is 0.158 e. The van der Waals surface area contributed by atoms with E-state index in [9.17, 15) is 9.65 Å². The molecule has 20 heavy (non-hydrogen) atoms. The number of benzene rings is 1. The molecule has 0 amide bonds. The Bertz CT molecular complexity index is 637. The van der Waals surface area contributed by atoms with E-state index in [1.165, 1.54) is 17.4 Å². The van der Waals surface area contributed by atoms with Crippen molar-refractivity contribution in [3.63, 3.8) is 0 Å². The third-order valence-electron chi connectivity index (χ3n) is 2.76. The van der Waals surface area contributed by atoms with Crippen LogP contribution in [-0.2, 0) is 5.41 Å². The largest absolute Gasteiger partial charge is 0.363 e. The molecule has 104 valence electrons. The fraction of sp³-hybridized carbons (Fsp3) is 0.333. The van der Waals surface area contributed by atoms with Gasteiger partial charge in [0.25, 0.3) is 0 Å². The molecule has 0 saturated carbocycles. The fourth-order valence-corrected chi connectivity index (χ4v) is 2.60. The number of aromatic nitrogens is 1. The van der Waals surface area contributed by atoms with E-state index in [4.69, 9.17) is 0 Å². The summed E-state index contributed by atoms with van der Waals surface area (Å²) in [5.74, 6) is -0.376. The van der Waals surface area contributed by atoms with Crippen LogP contribution in [-0.4, -0.2) is 4.98 Å². The molecule has 0 aliphatic heterocycles. The minimum atomic E-state index is -0.653. The number of hydrogen-bond donors (Lipinski definition) is 1. The molecular weight excluding hydrogens is 273 g/mol. The van der Waals surface area contributed by atoms with Crippen LogP contribution in [0.4, 0.5) is 10.1 Å². The highest BCUT2D eigenvalue weighted by molar-refractivity contribution is 7.09. The van der Waals surface area contributed by atoms with E-state index in [0.717, 1.165) is 5.01 Å². The van der Waals surface area contributed by atoms with Crippen LogP contribution in [0.2, 0.25) is 0 Å². The number of hydrogen-bond acceptors (Lipinski definition) is 4. The van der Waals surface area contributed by atoms with Crippen LogP contribution in [0, 0.1) is 17.1 Å². The molecule has 1 heterocycles. The van der Waals surface area contributed by atoms with Gasteiger partial charge in [-0.05, 0) is 12.1 Å². The van der Waals surface area contributed by atoms with Crippen LogP contribution in [0.1, 0.15) is 37.5 Å². The Labute approximate surface area is 122 Å². The lowest BCUT2D eigenvalue weighted by atomic mass is 9.98. The summed E-state index contributed by atoms with van der Waals surface area (Å²) in [5, 5.41) is 15.0. The second kappa shape index (κ2) is 5.59. The van der Waals surface area contributed by atoms with Crippen molar-refractivity contribution in [2.75, 3.05) is 5.32 Å². The van der Waals surface area contributed by atoms with E-state index in [1.54, 1.807) is 18.2 Å². The van der Waals surface area contributed by atoms with Gasteiger partial charge < -0.3 is 5.32 Å². The molecule has 0 radical (unpaired) electrons. The van der Waals surface area contributed by atoms with Crippen molar-refractivity contribution in [1.29, 1.82) is 5.26 Å². The molecule has 0 aliphatic carbocycles. The molecule has 2 aromatic rings. The average molecular weight is 289 g/mol. The number of nitriles is 1. The first-order valence-corrected chi connectivity index (χ1v) is 7.16. The predicted molar refractivity (Wildman–Crippen MR) is 79.2 cm³/mol. The SMILES string of the molecule is CC(C)(C)c1nc(C(C#N)Nc2ccccc2F)cs1. The Morgan fingerprint density at radius 2 is 2.05 bits per heavy atom. The second-order valence-corrected chi connectivity index (χ2v) is 6.37. The third-order valence-corrected chi connectivity index (χ3v) is 4.05. The molecule has 0 aliphatic rings. The lowest BCUT2D eigenvalue weighted by Gasteiger charge is -2.14. The van der Waals surface area contributed by atoms with Crippen molar-refractivity contribution in [3.8, 4) is 6.07 Å². The Morgan fingerprint density at radius 1 is 1.35 bits per heavy atom. The molecule has 0 bridgehead atoms. The van der Waals surface area contributed by atoms with Gasteiger partial charge in [0, 0.05) is 10.8 Å². The van der Waals surface area contributed by atoms with Gasteiger partial charge in [-0.3, -0.25) is 0 Å². The van der Waals surface area contributed by atoms with Gasteiger partial charge in [0.15, 0.2) is 6.04 Å². The van der Waals surface area contributed by atoms with Gasteiger partial charge in [-0.2, -0.15) is 5.26 Å². The highest BCUT2D eigenvalue weighted by atomic mass is 32.1. The molecule has 3 nitrogen and oxygen atoms in total. The summed E-state index contributed by atoms with van der Waals surface area (Å²) in [6, 6.07) is 7.78. The van der Waals surface area contributed by atoms with Crippen molar-refractivity contribution in [3.05, 3.63) is 46.2 Å². The van der Waals surface area contributed by atoms with Gasteiger partial charge in [0.2, 0.25) is 0 Å². The van der Waals surface area contributed by atoms with Crippen molar-refractivity contribution in [2.24, 2.45) is 0 Å². The molecule has 1 atom stereocenters. The first-order chi connectivity index (χ1) is 9.41. The Hall–Kier alpha value is -1.93. The summed E-state index contributed by atoms with van der Waals surface area (Å²) in [7, 11) is 0. The quantitative estimate of drug-likeness (QED) is 0.918. The lowest BCUT2D eigenvalue weighted by molar-refractivity contribution is 0.582. The smallest absolute Gasteiger partial charge is 0.158 e. The van der Waals surface area contributed by atoms with Gasteiger partial charge in [-0.15, -0.1) is 11.3 Å². The van der Waals surface area contributed by atoms with Gasteiger partial charge in [0.05, 0.1) is 22.5 Å². The normalized spacial score (nSPS) is 12.8. The zero-order valence-electron chi connectivity index (χ0n) is 11.6. The van der Waals surface area contributed by atoms with E-state index in [0.29, 0.717) is 11.4 Å². The standard InChI is InChI=1S/C15H16FN3S/c1-15(2,3)14-19-13(9-20-14)12(8-17)18-11-7-5-4-6-10(11)16/h4-7,9,12,18H,1-3H3. The molecule has 1 N–H and O–H groups in total. The molecular formula is C15H16FN3S. The molecule has 1 unspecified atom stereocenters. The maximum atomic E-state index is 13.6. The summed E-state index contributed by atoms with van der Waals surface area (Å²) in [6.07, 6.45) is 0. The number of thiazole rings is 1. The average Bonchev–Trinajstić information content (AvgIpc) is 2.87. The molecule has 0 spiro atoms. The number of anilines is 1. The minimum absolute atomic E-state index is 0.0546. The first kappa shape index (κ1) is 14.5. The molecule has 5 heteroatoms. The summed E-state index contributed by atoms with van der Waals surface area (Å²) < 4.78 is 13.6. The highest BCUT2D eigenvalue weighted by Gasteiger charge is 2.21. The number of halogens is 1. The van der Waals surface area contributed by atoms with E-state index in [2.05, 4.69) is 37.1 Å². The Balaban J connectivity index is 2.24. The highest BCUT2D eigenvalue weighted by Crippen LogP contribution is 2.29. The first-order valence-electron chi connectivity index (χ1n) is 6.28. The number of nitrogens with one attached hydrogen (secondary N) is 1. The van der Waals surface area contributed by atoms with Crippen molar-refractivity contribution in [2.45, 2.75) is 32.2 Å². The van der Waals surface area contributed by atoms with Crippen LogP contribution >= 0.6 is 11.3 Å². The van der Waals surface area contributed by atoms with Crippen LogP contribution in [0.15, 0.2) is 29.6 Å². The van der Waals surface area contributed by atoms with Crippen molar-refractivity contribution >= 4 is 17.0 Å². The summed E-state index contributed by atoms with van der Waals surface area (Å²) in [4.78, 5) is 4.49. The monoisotopic (exact) mass is 289 g/mol. The summed E-state index contributed by atoms with van der Waals surface area (Å²) in [5.41, 5.74) is 0.885. The second-order valence-electron chi connectivity index (χ2n) is 5.51. The summed E-state index contributed by atoms with van der Waals surface area (Å²) >= 11 is 1.52. The van der Waals surface area contributed by atoms with E-state index >= 15 is 0 Å². The molecule has 1 aromatic heterocycles. The predicted octanol–water partition coefficient (Wildman–Crippen LogP) is 4.26. The molecule has 2 rings (SSSR count). The zero-order valence-corrected chi connectivity index (χ0v) is 12.5. The summed E-state index contributed by atoms with van der Waals surface area (Å²) in [6.45, 7) is 6.21. The van der Waals surface area contributed by atoms with Crippen molar-refractivity contribution < 1.29 is 4.39 Å². The van der Waals surface area contributed by atoms with Gasteiger partial charge >= 0.3 is 0 Å². The van der Waals surface area contributed by atoms with E-state index in [-0.39, 0.29) is 11.2 Å². The van der Waals surface area contributed by atoms with Crippen LogP contribution in [0.25, 0.3) is 0 Å². The fourth-order valence-electron chi connectivity index (χ4n) is 1.67. The zero-order chi connectivity index (χ0) is 14.8. The van der Waals surface area contributed by atoms with Crippen LogP contribution < -0.4 is 5.32 Å². The Kier molecular flexibility index (Phi) is 4.05. The maximum absolute atomic E-state index is 13.6. The van der Waals surface area contributed by atoms with Crippen LogP contribution in [0.5, 0.6) is 0 Å². The van der Waals surface area contributed by atoms with Crippen LogP contribution in [0.3, 0.4) is 0 Å².